The highest BCUT2D eigenvalue weighted by Gasteiger charge is 2.65. The quantitative estimate of drug-likeness (QED) is 0.416. The van der Waals surface area contributed by atoms with Gasteiger partial charge in [0.2, 0.25) is 14.2 Å². The first-order valence-electron chi connectivity index (χ1n) is 11.6. The number of benzene rings is 1. The molecule has 4 rings (SSSR count). The Kier molecular flexibility index (Phi) is 4.92. The summed E-state index contributed by atoms with van der Waals surface area (Å²) in [6.07, 6.45) is 6.75. The second-order valence-electron chi connectivity index (χ2n) is 11.9. The molecule has 0 heterocycles. The number of aliphatic hydroxyl groups is 1. The molecule has 2 saturated carbocycles. The molecule has 3 aliphatic rings. The molecule has 4 heteroatoms. The van der Waals surface area contributed by atoms with E-state index in [0.717, 1.165) is 31.4 Å². The van der Waals surface area contributed by atoms with Crippen molar-refractivity contribution in [1.29, 1.82) is 0 Å². The van der Waals surface area contributed by atoms with E-state index in [-0.39, 0.29) is 22.8 Å². The van der Waals surface area contributed by atoms with Crippen LogP contribution in [0, 0.1) is 17.3 Å². The lowest BCUT2D eigenvalue weighted by Crippen LogP contribution is -2.54. The fourth-order valence-electron chi connectivity index (χ4n) is 6.48. The van der Waals surface area contributed by atoms with Crippen LogP contribution in [0.4, 0.5) is 4.39 Å². The van der Waals surface area contributed by atoms with Gasteiger partial charge in [-0.3, -0.25) is 0 Å². The highest BCUT2D eigenvalue weighted by Crippen LogP contribution is 2.66. The first kappa shape index (κ1) is 22.1. The largest absolute Gasteiger partial charge is 0.543 e. The van der Waals surface area contributed by atoms with E-state index in [1.807, 2.05) is 6.92 Å². The zero-order valence-corrected chi connectivity index (χ0v) is 20.6. The minimum absolute atomic E-state index is 0.117. The average Bonchev–Trinajstić information content (AvgIpc) is 2.89. The predicted octanol–water partition coefficient (Wildman–Crippen LogP) is 6.93. The highest BCUT2D eigenvalue weighted by atomic mass is 28.4. The van der Waals surface area contributed by atoms with Gasteiger partial charge >= 0.3 is 0 Å². The van der Waals surface area contributed by atoms with E-state index in [9.17, 15) is 5.11 Å². The van der Waals surface area contributed by atoms with Crippen molar-refractivity contribution >= 4 is 8.32 Å². The maximum absolute atomic E-state index is 15.0. The Labute approximate surface area is 183 Å². The fourth-order valence-corrected chi connectivity index (χ4v) is 7.50. The molecule has 0 amide bonds. The van der Waals surface area contributed by atoms with E-state index >= 15 is 4.39 Å². The average molecular weight is 431 g/mol. The Morgan fingerprint density at radius 3 is 2.50 bits per heavy atom. The van der Waals surface area contributed by atoms with Gasteiger partial charge in [-0.05, 0) is 85.3 Å². The van der Waals surface area contributed by atoms with Crippen LogP contribution in [0.3, 0.4) is 0 Å². The van der Waals surface area contributed by atoms with Crippen molar-refractivity contribution in [3.05, 3.63) is 42.0 Å². The summed E-state index contributed by atoms with van der Waals surface area (Å²) < 4.78 is 21.6. The molecule has 1 aromatic carbocycles. The Hall–Kier alpha value is -1.13. The Balaban J connectivity index is 1.69. The van der Waals surface area contributed by atoms with Gasteiger partial charge in [-0.2, -0.15) is 0 Å². The molecular formula is C26H39FO2Si. The molecule has 1 N–H and O–H groups in total. The molecule has 3 aliphatic carbocycles. The minimum atomic E-state index is -2.04. The summed E-state index contributed by atoms with van der Waals surface area (Å²) >= 11 is 0. The van der Waals surface area contributed by atoms with E-state index in [4.69, 9.17) is 4.43 Å². The molecule has 0 unspecified atom stereocenters. The van der Waals surface area contributed by atoms with E-state index in [0.29, 0.717) is 12.3 Å². The summed E-state index contributed by atoms with van der Waals surface area (Å²) in [6, 6.07) is 6.65. The monoisotopic (exact) mass is 430 g/mol. The minimum Gasteiger partial charge on any atom is -0.543 e. The van der Waals surface area contributed by atoms with Crippen LogP contribution in [0.1, 0.15) is 70.9 Å². The lowest BCUT2D eigenvalue weighted by molar-refractivity contribution is -0.192. The number of halogens is 1. The maximum atomic E-state index is 15.0. The van der Waals surface area contributed by atoms with E-state index in [1.54, 1.807) is 0 Å². The van der Waals surface area contributed by atoms with Crippen molar-refractivity contribution in [1.82, 2.24) is 0 Å². The second kappa shape index (κ2) is 6.68. The van der Waals surface area contributed by atoms with Crippen LogP contribution in [0.2, 0.25) is 18.1 Å². The predicted molar refractivity (Wildman–Crippen MR) is 124 cm³/mol. The second-order valence-corrected chi connectivity index (χ2v) is 16.6. The third-order valence-corrected chi connectivity index (χ3v) is 13.9. The maximum Gasteiger partial charge on any atom is 0.250 e. The van der Waals surface area contributed by atoms with Crippen molar-refractivity contribution in [3.63, 3.8) is 0 Å². The molecule has 0 spiro atoms. The van der Waals surface area contributed by atoms with Crippen molar-refractivity contribution in [2.24, 2.45) is 17.3 Å². The van der Waals surface area contributed by atoms with Crippen LogP contribution >= 0.6 is 0 Å². The summed E-state index contributed by atoms with van der Waals surface area (Å²) in [7, 11) is -1.89. The first-order valence-corrected chi connectivity index (χ1v) is 14.6. The van der Waals surface area contributed by atoms with Gasteiger partial charge in [0.05, 0.1) is 0 Å². The molecule has 2 fully saturated rings. The van der Waals surface area contributed by atoms with Crippen LogP contribution in [0.15, 0.2) is 30.9 Å². The van der Waals surface area contributed by atoms with Gasteiger partial charge in [-0.25, -0.2) is 4.39 Å². The molecular weight excluding hydrogens is 391 g/mol. The first-order chi connectivity index (χ1) is 13.8. The third-order valence-electron chi connectivity index (χ3n) is 9.53. The number of aryl methyl sites for hydroxylation is 1. The molecule has 0 aliphatic heterocycles. The standard InChI is InChI=1S/C26H39FO2Si/c1-8-25-16-15-24(5)21(13-14-26(24,27)28)22(25)11-9-18-17-19(10-12-20(18)25)29-30(6,7)23(2,3)4/h8,10,12,17,21-22,28H,1,9,11,13-16H2,2-7H3/t21-,22-,24-,25+,26-/m0/s1. The normalized spacial score (nSPS) is 38.4. The molecule has 0 aromatic heterocycles. The molecule has 30 heavy (non-hydrogen) atoms. The number of alkyl halides is 1. The topological polar surface area (TPSA) is 29.5 Å². The van der Waals surface area contributed by atoms with E-state index in [2.05, 4.69) is 64.7 Å². The van der Waals surface area contributed by atoms with Gasteiger partial charge in [0.25, 0.3) is 0 Å². The Morgan fingerprint density at radius 1 is 1.17 bits per heavy atom. The molecule has 0 radical (unpaired) electrons. The van der Waals surface area contributed by atoms with Gasteiger partial charge in [0, 0.05) is 17.3 Å². The fraction of sp³-hybridized carbons (Fsp3) is 0.692. The van der Waals surface area contributed by atoms with Crippen molar-refractivity contribution < 1.29 is 13.9 Å². The van der Waals surface area contributed by atoms with Gasteiger partial charge in [0.1, 0.15) is 5.75 Å². The van der Waals surface area contributed by atoms with Crippen molar-refractivity contribution in [3.8, 4) is 5.75 Å². The highest BCUT2D eigenvalue weighted by molar-refractivity contribution is 6.74. The Bertz CT molecular complexity index is 855. The van der Waals surface area contributed by atoms with Gasteiger partial charge in [0.15, 0.2) is 0 Å². The summed E-state index contributed by atoms with van der Waals surface area (Å²) in [4.78, 5) is 0. The lowest BCUT2D eigenvalue weighted by Gasteiger charge is -2.56. The van der Waals surface area contributed by atoms with Crippen LogP contribution in [-0.2, 0) is 11.8 Å². The molecule has 1 aromatic rings. The summed E-state index contributed by atoms with van der Waals surface area (Å²) in [5, 5.41) is 10.7. The molecule has 2 nitrogen and oxygen atoms in total. The Morgan fingerprint density at radius 2 is 1.87 bits per heavy atom. The summed E-state index contributed by atoms with van der Waals surface area (Å²) in [5.74, 6) is -0.502. The third kappa shape index (κ3) is 2.96. The van der Waals surface area contributed by atoms with Crippen molar-refractivity contribution in [2.45, 2.75) is 95.6 Å². The van der Waals surface area contributed by atoms with Crippen LogP contribution in [-0.4, -0.2) is 19.3 Å². The molecule has 166 valence electrons. The number of hydrogen-bond acceptors (Lipinski definition) is 2. The van der Waals surface area contributed by atoms with Gasteiger partial charge in [-0.15, -0.1) is 6.58 Å². The SMILES string of the molecule is C=C[C@]12CC[C@@]3(C)[C@@H](CC[C@@]3(O)F)[C@@H]1CCc1cc(O[Si](C)(C)C(C)(C)C)ccc12. The molecule has 0 saturated heterocycles. The van der Waals surface area contributed by atoms with E-state index in [1.165, 1.54) is 11.1 Å². The number of rotatable bonds is 3. The smallest absolute Gasteiger partial charge is 0.250 e. The lowest BCUT2D eigenvalue weighted by atomic mass is 9.48. The number of allylic oxidation sites excluding steroid dienone is 1. The number of fused-ring (bicyclic) bond motifs is 5. The zero-order chi connectivity index (χ0) is 22.2. The number of hydrogen-bond donors (Lipinski definition) is 1. The van der Waals surface area contributed by atoms with E-state index < -0.39 is 19.6 Å². The van der Waals surface area contributed by atoms with Crippen LogP contribution in [0.25, 0.3) is 0 Å². The molecule has 0 bridgehead atoms. The molecule has 5 atom stereocenters. The van der Waals surface area contributed by atoms with Crippen molar-refractivity contribution in [2.75, 3.05) is 0 Å². The van der Waals surface area contributed by atoms with Gasteiger partial charge < -0.3 is 9.53 Å². The van der Waals surface area contributed by atoms with Crippen LogP contribution < -0.4 is 4.43 Å². The van der Waals surface area contributed by atoms with Crippen LogP contribution in [0.5, 0.6) is 5.75 Å². The van der Waals surface area contributed by atoms with Gasteiger partial charge in [-0.1, -0.05) is 39.8 Å². The zero-order valence-electron chi connectivity index (χ0n) is 19.6. The summed E-state index contributed by atoms with van der Waals surface area (Å²) in [5.41, 5.74) is 1.97. The summed E-state index contributed by atoms with van der Waals surface area (Å²) in [6.45, 7) is 17.6.